The lowest BCUT2D eigenvalue weighted by Gasteiger charge is -2.25. The molecule has 0 radical (unpaired) electrons. The van der Waals surface area contributed by atoms with Crippen LogP contribution in [0.4, 0.5) is 0 Å². The van der Waals surface area contributed by atoms with Gasteiger partial charge in [0.25, 0.3) is 0 Å². The summed E-state index contributed by atoms with van der Waals surface area (Å²) in [5.41, 5.74) is 0. The Labute approximate surface area is 399 Å². The van der Waals surface area contributed by atoms with E-state index in [4.69, 9.17) is 9.05 Å². The highest BCUT2D eigenvalue weighted by Gasteiger charge is 2.27. The van der Waals surface area contributed by atoms with Gasteiger partial charge in [0, 0.05) is 6.42 Å². The molecule has 0 saturated carbocycles. The molecule has 0 fully saturated rings. The Kier molecular flexibility index (Phi) is 46.8. The molecule has 0 bridgehead atoms. The number of hydrogen-bond acceptors (Lipinski definition) is 5. The number of quaternary nitrogens is 1. The fourth-order valence-electron chi connectivity index (χ4n) is 8.57. The molecule has 0 saturated heterocycles. The number of nitrogens with zero attached hydrogens (tertiary/aromatic N) is 1. The van der Waals surface area contributed by atoms with Gasteiger partial charge >= 0.3 is 7.82 Å². The number of aliphatic hydroxyl groups excluding tert-OH is 1. The molecule has 0 aliphatic heterocycles. The van der Waals surface area contributed by atoms with E-state index in [0.29, 0.717) is 17.4 Å². The molecule has 0 aliphatic carbocycles. The van der Waals surface area contributed by atoms with Gasteiger partial charge in [0.15, 0.2) is 0 Å². The van der Waals surface area contributed by atoms with E-state index >= 15 is 0 Å². The summed E-state index contributed by atoms with van der Waals surface area (Å²) in [5.74, 6) is -0.170. The molecule has 0 rings (SSSR count). The van der Waals surface area contributed by atoms with Crippen molar-refractivity contribution < 1.29 is 32.9 Å². The fourth-order valence-corrected chi connectivity index (χ4v) is 9.31. The van der Waals surface area contributed by atoms with Crippen LogP contribution in [0.15, 0.2) is 12.2 Å². The highest BCUT2D eigenvalue weighted by atomic mass is 31.2. The second kappa shape index (κ2) is 47.3. The van der Waals surface area contributed by atoms with Crippen LogP contribution in [0.3, 0.4) is 0 Å². The van der Waals surface area contributed by atoms with E-state index in [-0.39, 0.29) is 19.1 Å². The summed E-state index contributed by atoms with van der Waals surface area (Å²) in [6.07, 6.45) is 57.3. The third-order valence-corrected chi connectivity index (χ3v) is 14.0. The standard InChI is InChI=1S/C55H111N2O6P/c1-6-8-10-12-14-16-18-20-22-24-26-28-29-31-33-35-37-39-41-43-45-47-49-55(59)56-53(52-63-64(60,61)62-51-50-57(3,4)5)54(58)48-46-44-42-40-38-36-34-32-30-27-25-23-21-19-17-15-13-11-9-7-2/h46,48,53-54,58H,6-45,47,49-52H2,1-5H3,(H-,56,59,60,61)/p+1/b48-46+. The van der Waals surface area contributed by atoms with Crippen LogP contribution in [-0.4, -0.2) is 73.4 Å². The Morgan fingerprint density at radius 1 is 0.516 bits per heavy atom. The number of carbonyl (C=O) groups excluding carboxylic acids is 1. The Morgan fingerprint density at radius 2 is 0.828 bits per heavy atom. The Hall–Kier alpha value is -0.760. The highest BCUT2D eigenvalue weighted by molar-refractivity contribution is 7.47. The summed E-state index contributed by atoms with van der Waals surface area (Å²) in [6, 6.07) is -0.841. The van der Waals surface area contributed by atoms with Crippen LogP contribution in [0.5, 0.6) is 0 Å². The van der Waals surface area contributed by atoms with Crippen molar-refractivity contribution in [3.63, 3.8) is 0 Å². The number of aliphatic hydroxyl groups is 1. The van der Waals surface area contributed by atoms with Crippen LogP contribution in [0.1, 0.15) is 284 Å². The SMILES string of the molecule is CCCCCCCCCCCCCCCCCCCC/C=C/C(O)C(COP(=O)(O)OCC[N+](C)(C)C)NC(=O)CCCCCCCCCCCCCCCCCCCCCCCC. The molecule has 1 amide bonds. The van der Waals surface area contributed by atoms with Gasteiger partial charge in [-0.1, -0.05) is 270 Å². The maximum absolute atomic E-state index is 13.0. The van der Waals surface area contributed by atoms with Gasteiger partial charge in [0.05, 0.1) is 39.9 Å². The van der Waals surface area contributed by atoms with Crippen LogP contribution < -0.4 is 5.32 Å². The zero-order valence-electron chi connectivity index (χ0n) is 43.6. The zero-order valence-corrected chi connectivity index (χ0v) is 44.4. The van der Waals surface area contributed by atoms with Crippen molar-refractivity contribution in [2.75, 3.05) is 40.9 Å². The molecule has 0 heterocycles. The number of nitrogens with one attached hydrogen (secondary N) is 1. The lowest BCUT2D eigenvalue weighted by Crippen LogP contribution is -2.45. The molecule has 0 aromatic carbocycles. The van der Waals surface area contributed by atoms with Crippen molar-refractivity contribution in [2.24, 2.45) is 0 Å². The third-order valence-electron chi connectivity index (χ3n) is 13.0. The normalized spacial score (nSPS) is 14.0. The molecule has 0 aliphatic rings. The molecule has 0 aromatic rings. The summed E-state index contributed by atoms with van der Waals surface area (Å²) < 4.78 is 23.7. The second-order valence-electron chi connectivity index (χ2n) is 20.7. The van der Waals surface area contributed by atoms with E-state index in [1.807, 2.05) is 27.2 Å². The predicted octanol–water partition coefficient (Wildman–Crippen LogP) is 16.7. The van der Waals surface area contributed by atoms with Crippen molar-refractivity contribution in [1.82, 2.24) is 5.32 Å². The smallest absolute Gasteiger partial charge is 0.387 e. The number of carbonyl (C=O) groups is 1. The summed E-state index contributed by atoms with van der Waals surface area (Å²) >= 11 is 0. The quantitative estimate of drug-likeness (QED) is 0.0243. The summed E-state index contributed by atoms with van der Waals surface area (Å²) in [4.78, 5) is 23.3. The minimum Gasteiger partial charge on any atom is -0.387 e. The van der Waals surface area contributed by atoms with E-state index in [9.17, 15) is 19.4 Å². The lowest BCUT2D eigenvalue weighted by atomic mass is 10.0. The number of phosphoric acid groups is 1. The summed E-state index contributed by atoms with van der Waals surface area (Å²) in [5, 5.41) is 13.9. The van der Waals surface area contributed by atoms with Gasteiger partial charge in [0.2, 0.25) is 5.91 Å². The van der Waals surface area contributed by atoms with Crippen LogP contribution in [0, 0.1) is 0 Å². The highest BCUT2D eigenvalue weighted by Crippen LogP contribution is 2.43. The number of likely N-dealkylation sites (N-methyl/N-ethyl adjacent to an activating group) is 1. The molecule has 3 atom stereocenters. The number of unbranched alkanes of at least 4 members (excludes halogenated alkanes) is 39. The van der Waals surface area contributed by atoms with Crippen molar-refractivity contribution in [3.05, 3.63) is 12.2 Å². The molecule has 382 valence electrons. The van der Waals surface area contributed by atoms with Crippen LogP contribution in [0.25, 0.3) is 0 Å². The van der Waals surface area contributed by atoms with Crippen molar-refractivity contribution in [2.45, 2.75) is 296 Å². The number of phosphoric ester groups is 1. The predicted molar refractivity (Wildman–Crippen MR) is 277 cm³/mol. The molecule has 64 heavy (non-hydrogen) atoms. The second-order valence-corrected chi connectivity index (χ2v) is 22.1. The molecule has 3 N–H and O–H groups in total. The Bertz CT molecular complexity index is 1050. The molecular formula is C55H112N2O6P+. The lowest BCUT2D eigenvalue weighted by molar-refractivity contribution is -0.870. The zero-order chi connectivity index (χ0) is 47.1. The van der Waals surface area contributed by atoms with Gasteiger partial charge in [-0.3, -0.25) is 13.8 Å². The first-order valence-electron chi connectivity index (χ1n) is 28.1. The van der Waals surface area contributed by atoms with Crippen LogP contribution in [-0.2, 0) is 18.4 Å². The van der Waals surface area contributed by atoms with Crippen LogP contribution >= 0.6 is 7.82 Å². The Morgan fingerprint density at radius 3 is 1.16 bits per heavy atom. The number of hydrogen-bond donors (Lipinski definition) is 3. The van der Waals surface area contributed by atoms with E-state index < -0.39 is 20.0 Å². The van der Waals surface area contributed by atoms with E-state index in [1.165, 1.54) is 231 Å². The first kappa shape index (κ1) is 63.2. The molecule has 9 heteroatoms. The van der Waals surface area contributed by atoms with E-state index in [1.54, 1.807) is 6.08 Å². The van der Waals surface area contributed by atoms with Crippen molar-refractivity contribution >= 4 is 13.7 Å². The average molecular weight is 928 g/mol. The molecule has 8 nitrogen and oxygen atoms in total. The summed E-state index contributed by atoms with van der Waals surface area (Å²) in [7, 11) is 1.59. The maximum Gasteiger partial charge on any atom is 0.472 e. The fraction of sp³-hybridized carbons (Fsp3) is 0.945. The van der Waals surface area contributed by atoms with Gasteiger partial charge in [-0.15, -0.1) is 0 Å². The number of amides is 1. The number of allylic oxidation sites excluding steroid dienone is 1. The van der Waals surface area contributed by atoms with Gasteiger partial charge in [0.1, 0.15) is 13.2 Å². The van der Waals surface area contributed by atoms with Crippen molar-refractivity contribution in [1.29, 1.82) is 0 Å². The molecular weight excluding hydrogens is 816 g/mol. The first-order chi connectivity index (χ1) is 31.0. The first-order valence-corrected chi connectivity index (χ1v) is 29.6. The van der Waals surface area contributed by atoms with Crippen LogP contribution in [0.2, 0.25) is 0 Å². The molecule has 3 unspecified atom stereocenters. The van der Waals surface area contributed by atoms with E-state index in [0.717, 1.165) is 32.1 Å². The van der Waals surface area contributed by atoms with Gasteiger partial charge in [-0.2, -0.15) is 0 Å². The molecule has 0 aromatic heterocycles. The van der Waals surface area contributed by atoms with Gasteiger partial charge < -0.3 is 19.8 Å². The third kappa shape index (κ3) is 49.2. The monoisotopic (exact) mass is 928 g/mol. The minimum absolute atomic E-state index is 0.0651. The topological polar surface area (TPSA) is 105 Å². The average Bonchev–Trinajstić information content (AvgIpc) is 3.25. The van der Waals surface area contributed by atoms with Gasteiger partial charge in [-0.05, 0) is 19.3 Å². The largest absolute Gasteiger partial charge is 0.472 e. The summed E-state index contributed by atoms with van der Waals surface area (Å²) in [6.45, 7) is 4.87. The Balaban J connectivity index is 4.21. The molecule has 0 spiro atoms. The maximum atomic E-state index is 13.0. The van der Waals surface area contributed by atoms with E-state index in [2.05, 4.69) is 19.2 Å². The minimum atomic E-state index is -4.34. The number of rotatable bonds is 52. The van der Waals surface area contributed by atoms with Gasteiger partial charge in [-0.25, -0.2) is 4.57 Å². The van der Waals surface area contributed by atoms with Crippen molar-refractivity contribution in [3.8, 4) is 0 Å².